The van der Waals surface area contributed by atoms with Crippen molar-refractivity contribution >= 4 is 16.7 Å². The van der Waals surface area contributed by atoms with Gasteiger partial charge in [-0.25, -0.2) is 14.4 Å². The lowest BCUT2D eigenvalue weighted by atomic mass is 10.1. The van der Waals surface area contributed by atoms with Crippen molar-refractivity contribution in [3.05, 3.63) is 62.8 Å². The third-order valence-corrected chi connectivity index (χ3v) is 6.37. The Hall–Kier alpha value is -3.31. The number of benzene rings is 1. The van der Waals surface area contributed by atoms with Gasteiger partial charge in [-0.15, -0.1) is 5.92 Å². The summed E-state index contributed by atoms with van der Waals surface area (Å²) in [5.74, 6) is 5.33. The Kier molecular flexibility index (Phi) is 5.59. The van der Waals surface area contributed by atoms with Crippen molar-refractivity contribution in [3.63, 3.8) is 0 Å². The molecule has 3 aromatic rings. The van der Waals surface area contributed by atoms with Crippen molar-refractivity contribution in [1.82, 2.24) is 19.9 Å². The monoisotopic (exact) mass is 449 g/mol. The summed E-state index contributed by atoms with van der Waals surface area (Å²) in [6.45, 7) is 6.21. The number of hydrogen-bond donors (Lipinski definition) is 1. The molecule has 3 heterocycles. The molecule has 0 atom stereocenters. The van der Waals surface area contributed by atoms with Crippen LogP contribution in [-0.4, -0.2) is 46.0 Å². The summed E-state index contributed by atoms with van der Waals surface area (Å²) >= 11 is 0. The van der Waals surface area contributed by atoms with E-state index in [1.54, 1.807) is 19.9 Å². The molecule has 0 bridgehead atoms. The van der Waals surface area contributed by atoms with Gasteiger partial charge in [-0.2, -0.15) is 4.39 Å². The van der Waals surface area contributed by atoms with Gasteiger partial charge in [0.2, 0.25) is 5.95 Å². The normalized spacial score (nSPS) is 16.7. The Bertz CT molecular complexity index is 1340. The van der Waals surface area contributed by atoms with Crippen LogP contribution in [0.15, 0.2) is 23.0 Å². The summed E-state index contributed by atoms with van der Waals surface area (Å²) in [6, 6.07) is 5.47. The number of fused-ring (bicyclic) bond motifs is 1. The Balaban J connectivity index is 1.34. The largest absolute Gasteiger partial charge is 0.365 e. The highest BCUT2D eigenvalue weighted by Gasteiger charge is 2.27. The van der Waals surface area contributed by atoms with Crippen LogP contribution in [0.25, 0.3) is 11.0 Å². The molecule has 1 aromatic carbocycles. The summed E-state index contributed by atoms with van der Waals surface area (Å²) in [5, 5.41) is 0. The SMILES string of the molecule is CC#Cc1cc(CN2CCN(c3ccc(C4CC4)nc3F)CC2)c(F)c2[nH]c(=O)c(C)nc12. The van der Waals surface area contributed by atoms with Crippen LogP contribution in [0.2, 0.25) is 0 Å². The fourth-order valence-electron chi connectivity index (χ4n) is 4.37. The number of aromatic amines is 1. The Morgan fingerprint density at radius 1 is 1.15 bits per heavy atom. The topological polar surface area (TPSA) is 65.1 Å². The highest BCUT2D eigenvalue weighted by atomic mass is 19.1. The minimum absolute atomic E-state index is 0.0865. The van der Waals surface area contributed by atoms with Crippen LogP contribution in [0.4, 0.5) is 14.5 Å². The van der Waals surface area contributed by atoms with Gasteiger partial charge in [0.15, 0.2) is 5.82 Å². The molecule has 0 radical (unpaired) electrons. The van der Waals surface area contributed by atoms with Crippen LogP contribution in [0.1, 0.15) is 48.2 Å². The zero-order valence-electron chi connectivity index (χ0n) is 18.7. The van der Waals surface area contributed by atoms with Crippen LogP contribution in [0, 0.1) is 30.5 Å². The van der Waals surface area contributed by atoms with E-state index < -0.39 is 17.3 Å². The molecule has 2 aliphatic rings. The second kappa shape index (κ2) is 8.56. The van der Waals surface area contributed by atoms with E-state index in [9.17, 15) is 9.18 Å². The first-order valence-corrected chi connectivity index (χ1v) is 11.2. The highest BCUT2D eigenvalue weighted by Crippen LogP contribution is 2.39. The first-order valence-electron chi connectivity index (χ1n) is 11.2. The maximum Gasteiger partial charge on any atom is 0.269 e. The van der Waals surface area contributed by atoms with Gasteiger partial charge >= 0.3 is 0 Å². The molecule has 1 aliphatic heterocycles. The van der Waals surface area contributed by atoms with Crippen molar-refractivity contribution in [1.29, 1.82) is 0 Å². The van der Waals surface area contributed by atoms with Crippen molar-refractivity contribution in [2.45, 2.75) is 39.2 Å². The fourth-order valence-corrected chi connectivity index (χ4v) is 4.37. The first-order chi connectivity index (χ1) is 15.9. The van der Waals surface area contributed by atoms with Gasteiger partial charge < -0.3 is 9.88 Å². The van der Waals surface area contributed by atoms with E-state index in [0.29, 0.717) is 61.0 Å². The molecule has 0 amide bonds. The van der Waals surface area contributed by atoms with E-state index in [1.165, 1.54) is 0 Å². The van der Waals surface area contributed by atoms with Gasteiger partial charge in [0.25, 0.3) is 5.56 Å². The number of H-pyrrole nitrogens is 1. The van der Waals surface area contributed by atoms with E-state index in [1.807, 2.05) is 17.0 Å². The summed E-state index contributed by atoms with van der Waals surface area (Å²) < 4.78 is 29.9. The molecule has 6 nitrogen and oxygen atoms in total. The van der Waals surface area contributed by atoms with E-state index >= 15 is 4.39 Å². The van der Waals surface area contributed by atoms with Crippen LogP contribution in [0.5, 0.6) is 0 Å². The number of halogens is 2. The zero-order valence-corrected chi connectivity index (χ0v) is 18.7. The summed E-state index contributed by atoms with van der Waals surface area (Å²) in [7, 11) is 0. The predicted molar refractivity (Wildman–Crippen MR) is 123 cm³/mol. The first kappa shape index (κ1) is 21.5. The number of nitrogens with zero attached hydrogens (tertiary/aromatic N) is 4. The maximum atomic E-state index is 15.3. The third kappa shape index (κ3) is 4.21. The molecule has 2 aromatic heterocycles. The van der Waals surface area contributed by atoms with Crippen LogP contribution in [0.3, 0.4) is 0 Å². The van der Waals surface area contributed by atoms with E-state index in [4.69, 9.17) is 0 Å². The van der Waals surface area contributed by atoms with Crippen molar-refractivity contribution in [2.24, 2.45) is 0 Å². The number of anilines is 1. The highest BCUT2D eigenvalue weighted by molar-refractivity contribution is 5.82. The van der Waals surface area contributed by atoms with Gasteiger partial charge in [0.1, 0.15) is 16.7 Å². The van der Waals surface area contributed by atoms with E-state index in [0.717, 1.165) is 18.5 Å². The minimum Gasteiger partial charge on any atom is -0.365 e. The maximum absolute atomic E-state index is 15.3. The third-order valence-electron chi connectivity index (χ3n) is 6.37. The predicted octanol–water partition coefficient (Wildman–Crippen LogP) is 3.48. The summed E-state index contributed by atoms with van der Waals surface area (Å²) in [4.78, 5) is 27.2. The quantitative estimate of drug-likeness (QED) is 0.488. The standard InChI is InChI=1S/C25H25F2N5O/c1-3-4-17-13-18(21(26)23-22(17)28-15(2)25(33)30-23)14-31-9-11-32(12-10-31)20-8-7-19(16-5-6-16)29-24(20)27/h7-8,13,16H,5-6,9-12,14H2,1-2H3,(H,30,33). The number of pyridine rings is 1. The van der Waals surface area contributed by atoms with Crippen LogP contribution in [-0.2, 0) is 6.54 Å². The van der Waals surface area contributed by atoms with Crippen LogP contribution < -0.4 is 10.5 Å². The Morgan fingerprint density at radius 3 is 2.58 bits per heavy atom. The molecule has 2 fully saturated rings. The zero-order chi connectivity index (χ0) is 23.1. The van der Waals surface area contributed by atoms with E-state index in [2.05, 4.69) is 31.7 Å². The molecule has 5 rings (SSSR count). The second-order valence-electron chi connectivity index (χ2n) is 8.73. The molecule has 1 N–H and O–H groups in total. The molecule has 170 valence electrons. The fraction of sp³-hybridized carbons (Fsp3) is 0.400. The lowest BCUT2D eigenvalue weighted by Crippen LogP contribution is -2.46. The molecule has 8 heteroatoms. The number of hydrogen-bond acceptors (Lipinski definition) is 5. The lowest BCUT2D eigenvalue weighted by molar-refractivity contribution is 0.246. The van der Waals surface area contributed by atoms with Crippen molar-refractivity contribution in [3.8, 4) is 11.8 Å². The molecular formula is C25H25F2N5O. The average molecular weight is 450 g/mol. The Labute approximate surface area is 190 Å². The van der Waals surface area contributed by atoms with Gasteiger partial charge in [0.05, 0.1) is 11.3 Å². The molecule has 0 unspecified atom stereocenters. The van der Waals surface area contributed by atoms with Crippen LogP contribution >= 0.6 is 0 Å². The minimum atomic E-state index is -0.482. The van der Waals surface area contributed by atoms with Crippen molar-refractivity contribution < 1.29 is 8.78 Å². The number of aromatic nitrogens is 3. The number of piperazine rings is 1. The molecule has 1 saturated carbocycles. The number of rotatable bonds is 4. The van der Waals surface area contributed by atoms with Gasteiger partial charge in [0, 0.05) is 49.9 Å². The Morgan fingerprint density at radius 2 is 1.91 bits per heavy atom. The summed E-state index contributed by atoms with van der Waals surface area (Å²) in [6.07, 6.45) is 2.18. The summed E-state index contributed by atoms with van der Waals surface area (Å²) in [5.41, 5.74) is 2.73. The molecule has 33 heavy (non-hydrogen) atoms. The second-order valence-corrected chi connectivity index (χ2v) is 8.73. The smallest absolute Gasteiger partial charge is 0.269 e. The average Bonchev–Trinajstić information content (AvgIpc) is 3.65. The van der Waals surface area contributed by atoms with Gasteiger partial charge in [-0.1, -0.05) is 5.92 Å². The van der Waals surface area contributed by atoms with Gasteiger partial charge in [-0.3, -0.25) is 9.69 Å². The molecule has 1 aliphatic carbocycles. The number of nitrogens with one attached hydrogen (secondary N) is 1. The lowest BCUT2D eigenvalue weighted by Gasteiger charge is -2.36. The number of aryl methyl sites for hydroxylation is 1. The molecule has 0 spiro atoms. The van der Waals surface area contributed by atoms with Gasteiger partial charge in [-0.05, 0) is 44.9 Å². The van der Waals surface area contributed by atoms with Crippen molar-refractivity contribution in [2.75, 3.05) is 31.1 Å². The van der Waals surface area contributed by atoms with E-state index in [-0.39, 0.29) is 11.2 Å². The molecule has 1 saturated heterocycles. The molecular weight excluding hydrogens is 424 g/mol.